The van der Waals surface area contributed by atoms with Crippen LogP contribution in [0.3, 0.4) is 0 Å². The minimum atomic E-state index is -0.273. The molecule has 3 rings (SSSR count). The highest BCUT2D eigenvalue weighted by Gasteiger charge is 2.36. The summed E-state index contributed by atoms with van der Waals surface area (Å²) in [6.45, 7) is 7.03. The van der Waals surface area contributed by atoms with Crippen LogP contribution in [-0.4, -0.2) is 11.6 Å². The molecule has 1 atom stereocenters. The molecule has 1 aliphatic rings. The number of hydrogen-bond acceptors (Lipinski definition) is 3. The van der Waals surface area contributed by atoms with E-state index in [4.69, 9.17) is 9.47 Å². The van der Waals surface area contributed by atoms with Gasteiger partial charge >= 0.3 is 5.97 Å². The van der Waals surface area contributed by atoms with Crippen LogP contribution < -0.4 is 4.74 Å². The number of hydrogen-bond donors (Lipinski definition) is 0. The zero-order chi connectivity index (χ0) is 20.0. The average molecular weight is 381 g/mol. The molecule has 0 bridgehead atoms. The number of carbonyl (C=O) groups excluding carboxylic acids is 1. The van der Waals surface area contributed by atoms with Gasteiger partial charge in [0.1, 0.15) is 18.0 Å². The van der Waals surface area contributed by atoms with Gasteiger partial charge in [-0.2, -0.15) is 0 Å². The fraction of sp³-hybridized carbons (Fsp3) is 0.480. The molecule has 1 fully saturated rings. The van der Waals surface area contributed by atoms with Gasteiger partial charge in [-0.3, -0.25) is 0 Å². The topological polar surface area (TPSA) is 35.5 Å². The van der Waals surface area contributed by atoms with Crippen LogP contribution in [-0.2, 0) is 11.3 Å². The van der Waals surface area contributed by atoms with Crippen molar-refractivity contribution in [1.29, 1.82) is 0 Å². The lowest BCUT2D eigenvalue weighted by Gasteiger charge is -2.27. The van der Waals surface area contributed by atoms with Gasteiger partial charge in [0.15, 0.2) is 0 Å². The van der Waals surface area contributed by atoms with Crippen molar-refractivity contribution in [2.45, 2.75) is 77.4 Å². The smallest absolute Gasteiger partial charge is 0.338 e. The zero-order valence-electron chi connectivity index (χ0n) is 17.4. The molecule has 0 radical (unpaired) electrons. The van der Waals surface area contributed by atoms with Crippen molar-refractivity contribution in [2.24, 2.45) is 0 Å². The molecule has 0 aliphatic heterocycles. The third-order valence-corrected chi connectivity index (χ3v) is 6.10. The van der Waals surface area contributed by atoms with E-state index in [0.29, 0.717) is 23.8 Å². The summed E-state index contributed by atoms with van der Waals surface area (Å²) in [5, 5.41) is 0. The zero-order valence-corrected chi connectivity index (χ0v) is 17.4. The summed E-state index contributed by atoms with van der Waals surface area (Å²) in [5.74, 6) is 1.02. The standard InChI is InChI=1S/C25H32O3/c1-4-19(3)21-13-11-20(12-14-21)18-27-23-10-8-9-22(17-23)24(26)28-25(5-2)15-6-7-16-25/h8-14,17,19H,4-7,15-16,18H2,1-3H3. The maximum Gasteiger partial charge on any atom is 0.338 e. The normalized spacial score (nSPS) is 16.5. The third kappa shape index (κ3) is 4.95. The van der Waals surface area contributed by atoms with Crippen molar-refractivity contribution >= 4 is 5.97 Å². The molecule has 1 saturated carbocycles. The molecule has 2 aromatic carbocycles. The first kappa shape index (κ1) is 20.4. The molecular formula is C25H32O3. The largest absolute Gasteiger partial charge is 0.489 e. The Morgan fingerprint density at radius 3 is 2.43 bits per heavy atom. The first-order valence-corrected chi connectivity index (χ1v) is 10.6. The highest BCUT2D eigenvalue weighted by Crippen LogP contribution is 2.36. The molecule has 0 aromatic heterocycles. The summed E-state index contributed by atoms with van der Waals surface area (Å²) in [6, 6.07) is 15.9. The van der Waals surface area contributed by atoms with E-state index in [9.17, 15) is 4.79 Å². The number of ether oxygens (including phenoxy) is 2. The van der Waals surface area contributed by atoms with E-state index in [0.717, 1.165) is 44.1 Å². The summed E-state index contributed by atoms with van der Waals surface area (Å²) < 4.78 is 11.8. The van der Waals surface area contributed by atoms with Crippen LogP contribution in [0.5, 0.6) is 5.75 Å². The van der Waals surface area contributed by atoms with Crippen molar-refractivity contribution in [2.75, 3.05) is 0 Å². The number of benzene rings is 2. The summed E-state index contributed by atoms with van der Waals surface area (Å²) in [6.07, 6.45) is 6.23. The van der Waals surface area contributed by atoms with Crippen LogP contribution in [0.4, 0.5) is 0 Å². The van der Waals surface area contributed by atoms with Crippen molar-refractivity contribution in [3.8, 4) is 5.75 Å². The fourth-order valence-electron chi connectivity index (χ4n) is 3.86. The average Bonchev–Trinajstić information content (AvgIpc) is 3.21. The summed E-state index contributed by atoms with van der Waals surface area (Å²) in [5.41, 5.74) is 2.76. The van der Waals surface area contributed by atoms with Gasteiger partial charge in [0.25, 0.3) is 0 Å². The fourth-order valence-corrected chi connectivity index (χ4v) is 3.86. The number of carbonyl (C=O) groups is 1. The maximum atomic E-state index is 12.6. The van der Waals surface area contributed by atoms with Gasteiger partial charge in [0.05, 0.1) is 5.56 Å². The van der Waals surface area contributed by atoms with E-state index < -0.39 is 0 Å². The van der Waals surface area contributed by atoms with E-state index in [1.54, 1.807) is 12.1 Å². The Morgan fingerprint density at radius 2 is 1.79 bits per heavy atom. The first-order valence-electron chi connectivity index (χ1n) is 10.6. The minimum Gasteiger partial charge on any atom is -0.489 e. The van der Waals surface area contributed by atoms with Gasteiger partial charge in [0, 0.05) is 0 Å². The molecule has 0 amide bonds. The van der Waals surface area contributed by atoms with Gasteiger partial charge in [-0.25, -0.2) is 4.79 Å². The molecule has 0 saturated heterocycles. The molecule has 3 heteroatoms. The minimum absolute atomic E-state index is 0.243. The summed E-state index contributed by atoms with van der Waals surface area (Å²) in [7, 11) is 0. The number of rotatable bonds is 8. The Morgan fingerprint density at radius 1 is 1.07 bits per heavy atom. The van der Waals surface area contributed by atoms with Crippen LogP contribution in [0.2, 0.25) is 0 Å². The second-order valence-electron chi connectivity index (χ2n) is 8.00. The molecule has 2 aromatic rings. The molecule has 0 heterocycles. The Kier molecular flexibility index (Phi) is 6.77. The Balaban J connectivity index is 1.61. The van der Waals surface area contributed by atoms with Crippen molar-refractivity contribution in [3.05, 3.63) is 65.2 Å². The highest BCUT2D eigenvalue weighted by molar-refractivity contribution is 5.90. The summed E-state index contributed by atoms with van der Waals surface area (Å²) >= 11 is 0. The van der Waals surface area contributed by atoms with Gasteiger partial charge in [0.2, 0.25) is 0 Å². The van der Waals surface area contributed by atoms with Crippen LogP contribution in [0, 0.1) is 0 Å². The summed E-state index contributed by atoms with van der Waals surface area (Å²) in [4.78, 5) is 12.6. The monoisotopic (exact) mass is 380 g/mol. The molecule has 28 heavy (non-hydrogen) atoms. The lowest BCUT2D eigenvalue weighted by Crippen LogP contribution is -2.31. The third-order valence-electron chi connectivity index (χ3n) is 6.10. The maximum absolute atomic E-state index is 12.6. The molecule has 1 unspecified atom stereocenters. The van der Waals surface area contributed by atoms with E-state index in [-0.39, 0.29) is 11.6 Å². The van der Waals surface area contributed by atoms with Crippen LogP contribution in [0.1, 0.15) is 86.7 Å². The van der Waals surface area contributed by atoms with Crippen molar-refractivity contribution in [1.82, 2.24) is 0 Å². The first-order chi connectivity index (χ1) is 13.5. The van der Waals surface area contributed by atoms with Crippen LogP contribution in [0.25, 0.3) is 0 Å². The lowest BCUT2D eigenvalue weighted by molar-refractivity contribution is -0.0172. The molecule has 1 aliphatic carbocycles. The van der Waals surface area contributed by atoms with E-state index in [1.807, 2.05) is 12.1 Å². The molecule has 0 spiro atoms. The molecule has 150 valence electrons. The van der Waals surface area contributed by atoms with E-state index in [1.165, 1.54) is 5.56 Å². The van der Waals surface area contributed by atoms with Gasteiger partial charge in [-0.05, 0) is 73.8 Å². The molecule has 0 N–H and O–H groups in total. The Bertz CT molecular complexity index is 773. The molecular weight excluding hydrogens is 348 g/mol. The quantitative estimate of drug-likeness (QED) is 0.480. The van der Waals surface area contributed by atoms with Gasteiger partial charge < -0.3 is 9.47 Å². The second-order valence-corrected chi connectivity index (χ2v) is 8.00. The molecule has 3 nitrogen and oxygen atoms in total. The predicted octanol–water partition coefficient (Wildman–Crippen LogP) is 6.66. The van der Waals surface area contributed by atoms with Crippen LogP contribution >= 0.6 is 0 Å². The highest BCUT2D eigenvalue weighted by atomic mass is 16.6. The van der Waals surface area contributed by atoms with E-state index >= 15 is 0 Å². The predicted molar refractivity (Wildman–Crippen MR) is 113 cm³/mol. The van der Waals surface area contributed by atoms with Crippen LogP contribution in [0.15, 0.2) is 48.5 Å². The lowest BCUT2D eigenvalue weighted by atomic mass is 9.98. The Labute approximate surface area is 169 Å². The van der Waals surface area contributed by atoms with Crippen molar-refractivity contribution < 1.29 is 14.3 Å². The van der Waals surface area contributed by atoms with Gasteiger partial charge in [-0.15, -0.1) is 0 Å². The van der Waals surface area contributed by atoms with Gasteiger partial charge in [-0.1, -0.05) is 51.1 Å². The second kappa shape index (κ2) is 9.27. The SMILES string of the molecule is CCC(C)c1ccc(COc2cccc(C(=O)OC3(CC)CCCC3)c2)cc1. The van der Waals surface area contributed by atoms with E-state index in [2.05, 4.69) is 45.0 Å². The Hall–Kier alpha value is -2.29. The number of esters is 1. The van der Waals surface area contributed by atoms with Crippen molar-refractivity contribution in [3.63, 3.8) is 0 Å².